The highest BCUT2D eigenvalue weighted by Crippen LogP contribution is 2.34. The number of piperazine rings is 1. The number of anilines is 1. The third-order valence-corrected chi connectivity index (χ3v) is 5.99. The number of amides is 1. The van der Waals surface area contributed by atoms with Crippen molar-refractivity contribution in [3.05, 3.63) is 82.0 Å². The van der Waals surface area contributed by atoms with Gasteiger partial charge in [0, 0.05) is 43.5 Å². The Morgan fingerprint density at radius 3 is 2.42 bits per heavy atom. The number of nitriles is 1. The summed E-state index contributed by atoms with van der Waals surface area (Å²) in [6.45, 7) is 2.53. The van der Waals surface area contributed by atoms with Crippen molar-refractivity contribution >= 4 is 40.9 Å². The molecule has 0 aliphatic carbocycles. The Kier molecular flexibility index (Phi) is 6.31. The first kappa shape index (κ1) is 21.0. The zero-order chi connectivity index (χ0) is 21.8. The molecule has 3 aromatic rings. The highest BCUT2D eigenvalue weighted by Gasteiger charge is 2.24. The molecule has 1 aromatic heterocycles. The number of rotatable bonds is 4. The van der Waals surface area contributed by atoms with Crippen LogP contribution in [0.15, 0.2) is 70.7 Å². The topological polar surface area (TPSA) is 60.5 Å². The zero-order valence-corrected chi connectivity index (χ0v) is 18.1. The van der Waals surface area contributed by atoms with Crippen molar-refractivity contribution < 1.29 is 9.21 Å². The molecule has 1 amide bonds. The van der Waals surface area contributed by atoms with Crippen LogP contribution in [0.1, 0.15) is 5.76 Å². The van der Waals surface area contributed by atoms with E-state index < -0.39 is 0 Å². The summed E-state index contributed by atoms with van der Waals surface area (Å²) >= 11 is 12.3. The number of furan rings is 1. The Labute approximate surface area is 190 Å². The van der Waals surface area contributed by atoms with Crippen molar-refractivity contribution in [2.45, 2.75) is 0 Å². The van der Waals surface area contributed by atoms with Crippen LogP contribution in [0, 0.1) is 11.3 Å². The van der Waals surface area contributed by atoms with Crippen molar-refractivity contribution in [2.24, 2.45) is 0 Å². The van der Waals surface area contributed by atoms with Crippen LogP contribution in [-0.4, -0.2) is 37.0 Å². The zero-order valence-electron chi connectivity index (χ0n) is 16.6. The van der Waals surface area contributed by atoms with Crippen LogP contribution < -0.4 is 4.90 Å². The van der Waals surface area contributed by atoms with Gasteiger partial charge in [-0.2, -0.15) is 5.26 Å². The van der Waals surface area contributed by atoms with Gasteiger partial charge in [-0.15, -0.1) is 0 Å². The fourth-order valence-electron chi connectivity index (χ4n) is 3.53. The molecule has 0 spiro atoms. The van der Waals surface area contributed by atoms with E-state index in [1.807, 2.05) is 24.3 Å². The number of para-hydroxylation sites is 1. The molecular weight excluding hydrogens is 433 g/mol. The molecule has 0 bridgehead atoms. The summed E-state index contributed by atoms with van der Waals surface area (Å²) in [6.07, 6.45) is 1.47. The second kappa shape index (κ2) is 9.30. The minimum Gasteiger partial charge on any atom is -0.457 e. The van der Waals surface area contributed by atoms with Gasteiger partial charge < -0.3 is 14.2 Å². The van der Waals surface area contributed by atoms with Crippen molar-refractivity contribution in [3.8, 4) is 17.4 Å². The lowest BCUT2D eigenvalue weighted by Crippen LogP contribution is -2.49. The van der Waals surface area contributed by atoms with Crippen LogP contribution in [0.3, 0.4) is 0 Å². The first-order valence-corrected chi connectivity index (χ1v) is 10.6. The van der Waals surface area contributed by atoms with E-state index in [4.69, 9.17) is 27.6 Å². The second-order valence-corrected chi connectivity index (χ2v) is 7.87. The average Bonchev–Trinajstić information content (AvgIpc) is 3.28. The first-order chi connectivity index (χ1) is 15.1. The largest absolute Gasteiger partial charge is 0.457 e. The molecule has 0 unspecified atom stereocenters. The summed E-state index contributed by atoms with van der Waals surface area (Å²) in [5.74, 6) is 0.618. The van der Waals surface area contributed by atoms with Gasteiger partial charge in [0.05, 0.1) is 10.0 Å². The summed E-state index contributed by atoms with van der Waals surface area (Å²) in [7, 11) is 0. The molecule has 0 saturated carbocycles. The van der Waals surface area contributed by atoms with E-state index in [9.17, 15) is 10.1 Å². The van der Waals surface area contributed by atoms with Crippen LogP contribution >= 0.6 is 23.2 Å². The van der Waals surface area contributed by atoms with Gasteiger partial charge in [-0.3, -0.25) is 4.79 Å². The number of nitrogens with zero attached hydrogens (tertiary/aromatic N) is 3. The van der Waals surface area contributed by atoms with E-state index in [1.165, 1.54) is 6.08 Å². The summed E-state index contributed by atoms with van der Waals surface area (Å²) < 4.78 is 5.80. The van der Waals surface area contributed by atoms with Gasteiger partial charge in [0.1, 0.15) is 23.2 Å². The summed E-state index contributed by atoms with van der Waals surface area (Å²) in [4.78, 5) is 16.8. The van der Waals surface area contributed by atoms with Crippen molar-refractivity contribution in [3.63, 3.8) is 0 Å². The van der Waals surface area contributed by atoms with Gasteiger partial charge in [-0.05, 0) is 36.4 Å². The number of carbonyl (C=O) groups excluding carboxylic acids is 1. The standard InChI is InChI=1S/C24H19Cl2N3O2/c25-21-8-4-7-20(23(21)26)22-10-9-19(31-22)15-17(16-27)24(30)29-13-11-28(12-14-29)18-5-2-1-3-6-18/h1-10,15H,11-14H2/b17-15+. The molecule has 1 aliphatic heterocycles. The predicted molar refractivity (Wildman–Crippen MR) is 123 cm³/mol. The molecule has 2 heterocycles. The van der Waals surface area contributed by atoms with E-state index in [0.717, 1.165) is 5.69 Å². The smallest absolute Gasteiger partial charge is 0.264 e. The van der Waals surface area contributed by atoms with E-state index in [1.54, 1.807) is 35.2 Å². The molecule has 0 N–H and O–H groups in total. The molecule has 1 aliphatic rings. The molecule has 1 fully saturated rings. The minimum absolute atomic E-state index is 0.0336. The molecule has 0 radical (unpaired) electrons. The Morgan fingerprint density at radius 2 is 1.71 bits per heavy atom. The number of halogens is 2. The second-order valence-electron chi connectivity index (χ2n) is 7.09. The fraction of sp³-hybridized carbons (Fsp3) is 0.167. The molecule has 1 saturated heterocycles. The Bertz CT molecular complexity index is 1160. The third kappa shape index (κ3) is 4.61. The van der Waals surface area contributed by atoms with Crippen LogP contribution in [0.4, 0.5) is 5.69 Å². The first-order valence-electron chi connectivity index (χ1n) is 9.82. The normalized spacial score (nSPS) is 14.4. The summed E-state index contributed by atoms with van der Waals surface area (Å²) in [5, 5.41) is 10.4. The SMILES string of the molecule is N#C/C(=C\c1ccc(-c2cccc(Cl)c2Cl)o1)C(=O)N1CCN(c2ccccc2)CC1. The van der Waals surface area contributed by atoms with Crippen LogP contribution in [-0.2, 0) is 4.79 Å². The molecule has 2 aromatic carbocycles. The molecule has 31 heavy (non-hydrogen) atoms. The maximum atomic E-state index is 12.9. The number of hydrogen-bond acceptors (Lipinski definition) is 4. The molecular formula is C24H19Cl2N3O2. The molecule has 7 heteroatoms. The van der Waals surface area contributed by atoms with Gasteiger partial charge >= 0.3 is 0 Å². The molecule has 0 atom stereocenters. The van der Waals surface area contributed by atoms with Crippen LogP contribution in [0.2, 0.25) is 10.0 Å². The lowest BCUT2D eigenvalue weighted by atomic mass is 10.1. The van der Waals surface area contributed by atoms with E-state index in [-0.39, 0.29) is 11.5 Å². The maximum Gasteiger partial charge on any atom is 0.264 e. The maximum absolute atomic E-state index is 12.9. The molecule has 4 rings (SSSR count). The van der Waals surface area contributed by atoms with E-state index >= 15 is 0 Å². The average molecular weight is 452 g/mol. The third-order valence-electron chi connectivity index (χ3n) is 5.17. The highest BCUT2D eigenvalue weighted by molar-refractivity contribution is 6.43. The van der Waals surface area contributed by atoms with E-state index in [0.29, 0.717) is 53.3 Å². The van der Waals surface area contributed by atoms with E-state index in [2.05, 4.69) is 17.0 Å². The monoisotopic (exact) mass is 451 g/mol. The fourth-order valence-corrected chi connectivity index (χ4v) is 3.92. The summed E-state index contributed by atoms with van der Waals surface area (Å²) in [5.41, 5.74) is 1.82. The van der Waals surface area contributed by atoms with Crippen molar-refractivity contribution in [2.75, 3.05) is 31.1 Å². The number of benzene rings is 2. The van der Waals surface area contributed by atoms with Crippen LogP contribution in [0.5, 0.6) is 0 Å². The summed E-state index contributed by atoms with van der Waals surface area (Å²) in [6, 6.07) is 20.8. The van der Waals surface area contributed by atoms with Gasteiger partial charge in [0.25, 0.3) is 5.91 Å². The minimum atomic E-state index is -0.297. The molecule has 156 valence electrons. The predicted octanol–water partition coefficient (Wildman–Crippen LogP) is 5.51. The lowest BCUT2D eigenvalue weighted by molar-refractivity contribution is -0.126. The lowest BCUT2D eigenvalue weighted by Gasteiger charge is -2.36. The van der Waals surface area contributed by atoms with Gasteiger partial charge in [0.15, 0.2) is 0 Å². The van der Waals surface area contributed by atoms with Gasteiger partial charge in [-0.25, -0.2) is 0 Å². The van der Waals surface area contributed by atoms with Crippen molar-refractivity contribution in [1.82, 2.24) is 4.90 Å². The van der Waals surface area contributed by atoms with Crippen LogP contribution in [0.25, 0.3) is 17.4 Å². The Morgan fingerprint density at radius 1 is 0.968 bits per heavy atom. The number of carbonyl (C=O) groups is 1. The molecule has 5 nitrogen and oxygen atoms in total. The van der Waals surface area contributed by atoms with Gasteiger partial charge in [-0.1, -0.05) is 47.5 Å². The Hall–Kier alpha value is -3.20. The quantitative estimate of drug-likeness (QED) is 0.387. The highest BCUT2D eigenvalue weighted by atomic mass is 35.5. The Balaban J connectivity index is 1.47. The van der Waals surface area contributed by atoms with Gasteiger partial charge in [0.2, 0.25) is 0 Å². The number of hydrogen-bond donors (Lipinski definition) is 0. The van der Waals surface area contributed by atoms with Crippen molar-refractivity contribution in [1.29, 1.82) is 5.26 Å².